The van der Waals surface area contributed by atoms with E-state index >= 15 is 0 Å². The second-order valence-corrected chi connectivity index (χ2v) is 5.43. The maximum Gasteiger partial charge on any atom is 0.196 e. The zero-order valence-electron chi connectivity index (χ0n) is 12.8. The number of ketones is 1. The van der Waals surface area contributed by atoms with Crippen molar-refractivity contribution in [1.82, 2.24) is 0 Å². The van der Waals surface area contributed by atoms with Gasteiger partial charge in [0.25, 0.3) is 0 Å². The van der Waals surface area contributed by atoms with E-state index < -0.39 is 0 Å². The molecule has 0 atom stereocenters. The molecule has 0 aromatic heterocycles. The fraction of sp³-hybridized carbons (Fsp3) is 0.167. The van der Waals surface area contributed by atoms with Crippen molar-refractivity contribution in [3.63, 3.8) is 0 Å². The molecule has 1 aliphatic heterocycles. The number of methoxy groups -OCH3 is 2. The average molecular weight is 331 g/mol. The van der Waals surface area contributed by atoms with Crippen molar-refractivity contribution in [3.8, 4) is 17.2 Å². The number of carbonyl (C=O) groups is 1. The number of fused-ring (bicyclic) bond motifs is 1. The van der Waals surface area contributed by atoms with Crippen LogP contribution in [-0.4, -0.2) is 26.6 Å². The number of carbonyl (C=O) groups excluding carboxylic acids is 1. The summed E-state index contributed by atoms with van der Waals surface area (Å²) in [5.74, 6) is 1.54. The first-order chi connectivity index (χ1) is 11.1. The topological polar surface area (TPSA) is 44.8 Å². The van der Waals surface area contributed by atoms with Crippen LogP contribution in [0.4, 0.5) is 0 Å². The van der Waals surface area contributed by atoms with Crippen molar-refractivity contribution < 1.29 is 19.0 Å². The number of rotatable bonds is 3. The van der Waals surface area contributed by atoms with Crippen LogP contribution in [0.1, 0.15) is 15.9 Å². The molecule has 2 aromatic carbocycles. The molecule has 0 saturated carbocycles. The lowest BCUT2D eigenvalue weighted by atomic mass is 9.98. The molecule has 23 heavy (non-hydrogen) atoms. The molecule has 0 unspecified atom stereocenters. The van der Waals surface area contributed by atoms with Crippen LogP contribution in [-0.2, 0) is 0 Å². The van der Waals surface area contributed by atoms with E-state index in [0.29, 0.717) is 33.4 Å². The summed E-state index contributed by atoms with van der Waals surface area (Å²) in [6.45, 7) is 0.224. The van der Waals surface area contributed by atoms with Crippen molar-refractivity contribution in [1.29, 1.82) is 0 Å². The summed E-state index contributed by atoms with van der Waals surface area (Å²) in [7, 11) is 3.06. The molecule has 0 saturated heterocycles. The second-order valence-electron chi connectivity index (χ2n) is 5.02. The van der Waals surface area contributed by atoms with Gasteiger partial charge in [-0.05, 0) is 35.9 Å². The molecule has 0 bridgehead atoms. The lowest BCUT2D eigenvalue weighted by Crippen LogP contribution is -2.18. The van der Waals surface area contributed by atoms with Crippen LogP contribution in [0.2, 0.25) is 5.02 Å². The molecule has 3 rings (SSSR count). The molecular formula is C18H15ClO4. The van der Waals surface area contributed by atoms with Crippen molar-refractivity contribution in [2.75, 3.05) is 20.8 Å². The fourth-order valence-electron chi connectivity index (χ4n) is 2.50. The van der Waals surface area contributed by atoms with Gasteiger partial charge in [0.05, 0.1) is 24.8 Å². The maximum atomic E-state index is 12.5. The van der Waals surface area contributed by atoms with Crippen molar-refractivity contribution in [3.05, 3.63) is 58.1 Å². The summed E-state index contributed by atoms with van der Waals surface area (Å²) in [6, 6.07) is 10.7. The molecule has 0 spiro atoms. The Bertz CT molecular complexity index is 796. The predicted octanol–water partition coefficient (Wildman–Crippen LogP) is 4.02. The number of hydrogen-bond acceptors (Lipinski definition) is 4. The van der Waals surface area contributed by atoms with Crippen LogP contribution in [0.3, 0.4) is 0 Å². The first kappa shape index (κ1) is 15.4. The zero-order chi connectivity index (χ0) is 16.4. The van der Waals surface area contributed by atoms with Crippen LogP contribution in [0.5, 0.6) is 17.2 Å². The Hall–Kier alpha value is -2.46. The Morgan fingerprint density at radius 2 is 1.96 bits per heavy atom. The number of ether oxygens (including phenoxy) is 3. The number of Topliss-reactive ketones (excluding diaryl/α,β-unsaturated/α-hetero) is 1. The van der Waals surface area contributed by atoms with Gasteiger partial charge in [0.1, 0.15) is 12.4 Å². The van der Waals surface area contributed by atoms with Gasteiger partial charge in [-0.3, -0.25) is 4.79 Å². The summed E-state index contributed by atoms with van der Waals surface area (Å²) < 4.78 is 16.1. The highest BCUT2D eigenvalue weighted by atomic mass is 35.5. The third kappa shape index (κ3) is 2.90. The van der Waals surface area contributed by atoms with Gasteiger partial charge in [-0.25, -0.2) is 0 Å². The van der Waals surface area contributed by atoms with E-state index in [1.807, 2.05) is 12.1 Å². The van der Waals surface area contributed by atoms with Gasteiger partial charge >= 0.3 is 0 Å². The van der Waals surface area contributed by atoms with Gasteiger partial charge in [-0.1, -0.05) is 23.7 Å². The summed E-state index contributed by atoms with van der Waals surface area (Å²) in [5, 5.41) is 0.420. The molecule has 0 radical (unpaired) electrons. The normalized spacial score (nSPS) is 15.1. The Morgan fingerprint density at radius 1 is 1.17 bits per heavy atom. The quantitative estimate of drug-likeness (QED) is 0.797. The van der Waals surface area contributed by atoms with E-state index in [1.165, 1.54) is 14.2 Å². The van der Waals surface area contributed by atoms with Gasteiger partial charge in [0, 0.05) is 5.57 Å². The second kappa shape index (κ2) is 6.34. The summed E-state index contributed by atoms with van der Waals surface area (Å²) in [6.07, 6.45) is 1.76. The molecule has 4 nitrogen and oxygen atoms in total. The molecule has 5 heteroatoms. The van der Waals surface area contributed by atoms with E-state index in [2.05, 4.69) is 0 Å². The van der Waals surface area contributed by atoms with Crippen LogP contribution in [0.25, 0.3) is 6.08 Å². The minimum Gasteiger partial charge on any atom is -0.493 e. The Labute approximate surface area is 139 Å². The van der Waals surface area contributed by atoms with Crippen molar-refractivity contribution in [2.24, 2.45) is 0 Å². The molecule has 1 heterocycles. The largest absolute Gasteiger partial charge is 0.493 e. The fourth-order valence-corrected chi connectivity index (χ4v) is 2.80. The zero-order valence-corrected chi connectivity index (χ0v) is 13.5. The van der Waals surface area contributed by atoms with Gasteiger partial charge in [-0.15, -0.1) is 0 Å². The lowest BCUT2D eigenvalue weighted by Gasteiger charge is -2.18. The Kier molecular flexibility index (Phi) is 4.26. The number of benzene rings is 2. The maximum absolute atomic E-state index is 12.5. The lowest BCUT2D eigenvalue weighted by molar-refractivity contribution is 0.100. The number of para-hydroxylation sites is 1. The average Bonchev–Trinajstić information content (AvgIpc) is 2.57. The first-order valence-corrected chi connectivity index (χ1v) is 7.40. The molecule has 0 N–H and O–H groups in total. The van der Waals surface area contributed by atoms with Gasteiger partial charge in [-0.2, -0.15) is 0 Å². The van der Waals surface area contributed by atoms with Crippen molar-refractivity contribution >= 4 is 23.5 Å². The molecular weight excluding hydrogens is 316 g/mol. The highest BCUT2D eigenvalue weighted by Gasteiger charge is 2.23. The van der Waals surface area contributed by atoms with Crippen LogP contribution >= 0.6 is 11.6 Å². The monoisotopic (exact) mass is 330 g/mol. The van der Waals surface area contributed by atoms with E-state index in [0.717, 1.165) is 5.56 Å². The molecule has 1 aliphatic rings. The van der Waals surface area contributed by atoms with Gasteiger partial charge in [0.15, 0.2) is 17.3 Å². The van der Waals surface area contributed by atoms with Crippen LogP contribution in [0.15, 0.2) is 42.0 Å². The minimum absolute atomic E-state index is 0.0437. The van der Waals surface area contributed by atoms with Crippen LogP contribution in [0, 0.1) is 0 Å². The minimum atomic E-state index is -0.0437. The predicted molar refractivity (Wildman–Crippen MR) is 88.8 cm³/mol. The number of hydrogen-bond donors (Lipinski definition) is 0. The molecule has 0 amide bonds. The highest BCUT2D eigenvalue weighted by molar-refractivity contribution is 6.32. The highest BCUT2D eigenvalue weighted by Crippen LogP contribution is 2.37. The van der Waals surface area contributed by atoms with E-state index in [-0.39, 0.29) is 12.4 Å². The van der Waals surface area contributed by atoms with E-state index in [1.54, 1.807) is 30.3 Å². The molecule has 0 fully saturated rings. The Morgan fingerprint density at radius 3 is 2.70 bits per heavy atom. The Balaban J connectivity index is 2.00. The van der Waals surface area contributed by atoms with Crippen molar-refractivity contribution in [2.45, 2.75) is 0 Å². The molecule has 118 valence electrons. The number of halogens is 1. The third-order valence-corrected chi connectivity index (χ3v) is 3.88. The summed E-state index contributed by atoms with van der Waals surface area (Å²) in [4.78, 5) is 12.5. The molecule has 2 aromatic rings. The first-order valence-electron chi connectivity index (χ1n) is 7.02. The SMILES string of the molecule is COc1cc(/C=C2/COc3ccccc3C2=O)cc(Cl)c1OC. The molecule has 0 aliphatic carbocycles. The summed E-state index contributed by atoms with van der Waals surface area (Å²) in [5.41, 5.74) is 1.88. The smallest absolute Gasteiger partial charge is 0.196 e. The van der Waals surface area contributed by atoms with Gasteiger partial charge < -0.3 is 14.2 Å². The standard InChI is InChI=1S/C18H15ClO4/c1-21-16-9-11(8-14(19)18(16)22-2)7-12-10-23-15-6-4-3-5-13(15)17(12)20/h3-9H,10H2,1-2H3/b12-7-. The van der Waals surface area contributed by atoms with E-state index in [9.17, 15) is 4.79 Å². The summed E-state index contributed by atoms with van der Waals surface area (Å²) >= 11 is 6.20. The third-order valence-electron chi connectivity index (χ3n) is 3.60. The van der Waals surface area contributed by atoms with E-state index in [4.69, 9.17) is 25.8 Å². The van der Waals surface area contributed by atoms with Gasteiger partial charge in [0.2, 0.25) is 0 Å². The van der Waals surface area contributed by atoms with Crippen LogP contribution < -0.4 is 14.2 Å².